The molecule has 6 heteroatoms. The zero-order valence-electron chi connectivity index (χ0n) is 9.70. The first-order chi connectivity index (χ1) is 7.43. The Kier molecular flexibility index (Phi) is 4.49. The standard InChI is InChI=1S/C10H17BrN4O/c1-6(2)7(12)4-13-8-5-14-15(3)10(16)9(8)11/h5-7,13H,4,12H2,1-3H3. The predicted molar refractivity (Wildman–Crippen MR) is 68.5 cm³/mol. The second-order valence-corrected chi connectivity index (χ2v) is 4.88. The summed E-state index contributed by atoms with van der Waals surface area (Å²) in [6.45, 7) is 4.73. The maximum atomic E-state index is 11.6. The fourth-order valence-corrected chi connectivity index (χ4v) is 1.60. The first kappa shape index (κ1) is 13.2. The lowest BCUT2D eigenvalue weighted by atomic mass is 10.1. The fraction of sp³-hybridized carbons (Fsp3) is 0.600. The van der Waals surface area contributed by atoms with Crippen LogP contribution < -0.4 is 16.6 Å². The van der Waals surface area contributed by atoms with Crippen molar-refractivity contribution < 1.29 is 0 Å². The lowest BCUT2D eigenvalue weighted by Gasteiger charge is -2.17. The quantitative estimate of drug-likeness (QED) is 0.865. The van der Waals surface area contributed by atoms with E-state index in [0.717, 1.165) is 0 Å². The normalized spacial score (nSPS) is 12.9. The maximum Gasteiger partial charge on any atom is 0.282 e. The third-order valence-corrected chi connectivity index (χ3v) is 3.23. The number of nitrogens with zero attached hydrogens (tertiary/aromatic N) is 2. The fourth-order valence-electron chi connectivity index (χ4n) is 1.10. The second-order valence-electron chi connectivity index (χ2n) is 4.09. The van der Waals surface area contributed by atoms with E-state index in [-0.39, 0.29) is 11.6 Å². The second kappa shape index (κ2) is 5.45. The molecule has 0 spiro atoms. The minimum atomic E-state index is -0.164. The zero-order chi connectivity index (χ0) is 12.3. The van der Waals surface area contributed by atoms with Gasteiger partial charge in [-0.05, 0) is 21.8 Å². The molecule has 0 fully saturated rings. The molecule has 0 bridgehead atoms. The minimum absolute atomic E-state index is 0.0518. The number of aryl methyl sites for hydroxylation is 1. The summed E-state index contributed by atoms with van der Waals surface area (Å²) < 4.78 is 1.76. The van der Waals surface area contributed by atoms with Crippen molar-refractivity contribution in [2.45, 2.75) is 19.9 Å². The summed E-state index contributed by atoms with van der Waals surface area (Å²) in [5.41, 5.74) is 6.42. The first-order valence-corrected chi connectivity index (χ1v) is 5.94. The van der Waals surface area contributed by atoms with Crippen LogP contribution >= 0.6 is 15.9 Å². The van der Waals surface area contributed by atoms with Crippen molar-refractivity contribution in [2.24, 2.45) is 18.7 Å². The smallest absolute Gasteiger partial charge is 0.282 e. The molecule has 0 aromatic carbocycles. The highest BCUT2D eigenvalue weighted by Gasteiger charge is 2.10. The lowest BCUT2D eigenvalue weighted by molar-refractivity contribution is 0.511. The van der Waals surface area contributed by atoms with Crippen molar-refractivity contribution in [1.29, 1.82) is 0 Å². The van der Waals surface area contributed by atoms with Crippen molar-refractivity contribution >= 4 is 21.6 Å². The van der Waals surface area contributed by atoms with Gasteiger partial charge in [-0.2, -0.15) is 5.10 Å². The van der Waals surface area contributed by atoms with Gasteiger partial charge >= 0.3 is 0 Å². The van der Waals surface area contributed by atoms with Gasteiger partial charge in [-0.15, -0.1) is 0 Å². The Balaban J connectivity index is 2.76. The summed E-state index contributed by atoms with van der Waals surface area (Å²) in [6.07, 6.45) is 1.61. The van der Waals surface area contributed by atoms with Crippen molar-refractivity contribution in [3.63, 3.8) is 0 Å². The number of halogens is 1. The molecule has 0 radical (unpaired) electrons. The molecule has 0 aliphatic heterocycles. The molecule has 3 N–H and O–H groups in total. The molecule has 16 heavy (non-hydrogen) atoms. The Hall–Kier alpha value is -0.880. The average Bonchev–Trinajstić information content (AvgIpc) is 2.24. The number of nitrogens with one attached hydrogen (secondary N) is 1. The molecular weight excluding hydrogens is 272 g/mol. The first-order valence-electron chi connectivity index (χ1n) is 5.14. The summed E-state index contributed by atoms with van der Waals surface area (Å²) in [5, 5.41) is 7.05. The molecule has 5 nitrogen and oxygen atoms in total. The molecule has 90 valence electrons. The predicted octanol–water partition coefficient (Wildman–Crippen LogP) is 0.938. The van der Waals surface area contributed by atoms with Gasteiger partial charge in [0, 0.05) is 19.6 Å². The van der Waals surface area contributed by atoms with Crippen LogP contribution in [-0.4, -0.2) is 22.4 Å². The van der Waals surface area contributed by atoms with Crippen LogP contribution in [0.3, 0.4) is 0 Å². The molecule has 0 amide bonds. The van der Waals surface area contributed by atoms with E-state index in [1.807, 2.05) is 0 Å². The van der Waals surface area contributed by atoms with Crippen molar-refractivity contribution in [3.05, 3.63) is 21.0 Å². The van der Waals surface area contributed by atoms with E-state index < -0.39 is 0 Å². The van der Waals surface area contributed by atoms with E-state index in [0.29, 0.717) is 22.6 Å². The van der Waals surface area contributed by atoms with E-state index in [1.165, 1.54) is 4.68 Å². The van der Waals surface area contributed by atoms with Crippen LogP contribution in [0.15, 0.2) is 15.5 Å². The summed E-state index contributed by atoms with van der Waals surface area (Å²) in [4.78, 5) is 11.6. The number of anilines is 1. The van der Waals surface area contributed by atoms with Gasteiger partial charge < -0.3 is 11.1 Å². The van der Waals surface area contributed by atoms with Crippen LogP contribution in [0.5, 0.6) is 0 Å². The molecule has 1 aromatic rings. The highest BCUT2D eigenvalue weighted by Crippen LogP contribution is 2.15. The third kappa shape index (κ3) is 3.05. The zero-order valence-corrected chi connectivity index (χ0v) is 11.3. The van der Waals surface area contributed by atoms with Gasteiger partial charge in [0.25, 0.3) is 5.56 Å². The molecule has 0 saturated heterocycles. The van der Waals surface area contributed by atoms with Gasteiger partial charge in [0.15, 0.2) is 0 Å². The number of hydrogen-bond donors (Lipinski definition) is 2. The molecule has 1 aromatic heterocycles. The Morgan fingerprint density at radius 3 is 2.81 bits per heavy atom. The van der Waals surface area contributed by atoms with E-state index in [9.17, 15) is 4.79 Å². The van der Waals surface area contributed by atoms with Crippen LogP contribution in [0, 0.1) is 5.92 Å². The Labute approximate surface area is 103 Å². The lowest BCUT2D eigenvalue weighted by Crippen LogP contribution is -2.34. The molecule has 1 heterocycles. The van der Waals surface area contributed by atoms with E-state index in [4.69, 9.17) is 5.73 Å². The average molecular weight is 289 g/mol. The van der Waals surface area contributed by atoms with Gasteiger partial charge in [0.1, 0.15) is 4.47 Å². The third-order valence-electron chi connectivity index (χ3n) is 2.46. The molecule has 0 saturated carbocycles. The van der Waals surface area contributed by atoms with Crippen LogP contribution in [0.2, 0.25) is 0 Å². The van der Waals surface area contributed by atoms with E-state index in [1.54, 1.807) is 13.2 Å². The Bertz CT molecular complexity index is 416. The molecule has 1 unspecified atom stereocenters. The summed E-state index contributed by atoms with van der Waals surface area (Å²) >= 11 is 3.24. The highest BCUT2D eigenvalue weighted by molar-refractivity contribution is 9.10. The van der Waals surface area contributed by atoms with Crippen LogP contribution in [0.4, 0.5) is 5.69 Å². The molecule has 1 rings (SSSR count). The Morgan fingerprint density at radius 1 is 1.62 bits per heavy atom. The highest BCUT2D eigenvalue weighted by atomic mass is 79.9. The summed E-state index contributed by atoms with van der Waals surface area (Å²) in [6, 6.07) is 0.0518. The number of aromatic nitrogens is 2. The number of rotatable bonds is 4. The number of nitrogens with two attached hydrogens (primary N) is 1. The largest absolute Gasteiger partial charge is 0.381 e. The minimum Gasteiger partial charge on any atom is -0.381 e. The van der Waals surface area contributed by atoms with Gasteiger partial charge in [-0.25, -0.2) is 4.68 Å². The van der Waals surface area contributed by atoms with Crippen molar-refractivity contribution in [3.8, 4) is 0 Å². The van der Waals surface area contributed by atoms with Gasteiger partial charge in [0.05, 0.1) is 11.9 Å². The van der Waals surface area contributed by atoms with E-state index >= 15 is 0 Å². The summed E-state index contributed by atoms with van der Waals surface area (Å²) in [5.74, 6) is 0.394. The molecule has 0 aliphatic carbocycles. The molecular formula is C10H17BrN4O. The maximum absolute atomic E-state index is 11.6. The summed E-state index contributed by atoms with van der Waals surface area (Å²) in [7, 11) is 1.61. The molecule has 1 atom stereocenters. The van der Waals surface area contributed by atoms with Crippen LogP contribution in [-0.2, 0) is 7.05 Å². The van der Waals surface area contributed by atoms with E-state index in [2.05, 4.69) is 40.2 Å². The van der Waals surface area contributed by atoms with Crippen LogP contribution in [0.1, 0.15) is 13.8 Å². The van der Waals surface area contributed by atoms with Gasteiger partial charge in [-0.3, -0.25) is 4.79 Å². The van der Waals surface area contributed by atoms with Crippen LogP contribution in [0.25, 0.3) is 0 Å². The Morgan fingerprint density at radius 2 is 2.25 bits per heavy atom. The topological polar surface area (TPSA) is 72.9 Å². The van der Waals surface area contributed by atoms with Gasteiger partial charge in [-0.1, -0.05) is 13.8 Å². The van der Waals surface area contributed by atoms with Crippen molar-refractivity contribution in [1.82, 2.24) is 9.78 Å². The van der Waals surface area contributed by atoms with Crippen molar-refractivity contribution in [2.75, 3.05) is 11.9 Å². The van der Waals surface area contributed by atoms with Gasteiger partial charge in [0.2, 0.25) is 0 Å². The SMILES string of the molecule is CC(C)C(N)CNc1cnn(C)c(=O)c1Br. The number of hydrogen-bond acceptors (Lipinski definition) is 4. The molecule has 0 aliphatic rings. The monoisotopic (exact) mass is 288 g/mol.